The van der Waals surface area contributed by atoms with Crippen molar-refractivity contribution in [2.75, 3.05) is 11.4 Å². The van der Waals surface area contributed by atoms with Gasteiger partial charge in [0.25, 0.3) is 10.0 Å². The fraction of sp³-hybridized carbons (Fsp3) is 0.188. The lowest BCUT2D eigenvalue weighted by atomic mass is 10.1. The van der Waals surface area contributed by atoms with Crippen molar-refractivity contribution in [3.8, 4) is 0 Å². The molecule has 0 heterocycles. The van der Waals surface area contributed by atoms with E-state index in [1.165, 1.54) is 14.0 Å². The Bertz CT molecular complexity index is 860. The van der Waals surface area contributed by atoms with Gasteiger partial charge in [-0.1, -0.05) is 17.7 Å². The van der Waals surface area contributed by atoms with Gasteiger partial charge in [-0.25, -0.2) is 17.6 Å². The van der Waals surface area contributed by atoms with Crippen molar-refractivity contribution in [3.63, 3.8) is 0 Å². The molecule has 2 aromatic rings. The van der Waals surface area contributed by atoms with Crippen LogP contribution in [0.25, 0.3) is 0 Å². The van der Waals surface area contributed by atoms with Crippen molar-refractivity contribution < 1.29 is 22.7 Å². The average Bonchev–Trinajstić information content (AvgIpc) is 2.49. The molecular weight excluding hydrogens is 321 g/mol. The molecule has 0 unspecified atom stereocenters. The number of carboxylic acid groups (broad SMARTS) is 1. The molecule has 0 aromatic heterocycles. The summed E-state index contributed by atoms with van der Waals surface area (Å²) in [5.41, 5.74) is 0.837. The molecule has 0 spiro atoms. The number of aromatic carboxylic acids is 1. The lowest BCUT2D eigenvalue weighted by Gasteiger charge is -2.21. The zero-order chi connectivity index (χ0) is 17.4. The second-order valence-corrected chi connectivity index (χ2v) is 7.13. The second-order valence-electron chi connectivity index (χ2n) is 5.19. The maximum absolute atomic E-state index is 13.9. The highest BCUT2D eigenvalue weighted by Crippen LogP contribution is 2.27. The van der Waals surface area contributed by atoms with Gasteiger partial charge in [0.05, 0.1) is 16.1 Å². The lowest BCUT2D eigenvalue weighted by molar-refractivity contribution is 0.0696. The molecule has 0 aliphatic rings. The molecule has 0 radical (unpaired) electrons. The van der Waals surface area contributed by atoms with Crippen molar-refractivity contribution in [3.05, 3.63) is 58.9 Å². The van der Waals surface area contributed by atoms with Crippen molar-refractivity contribution in [1.82, 2.24) is 0 Å². The molecule has 0 aliphatic heterocycles. The highest BCUT2D eigenvalue weighted by Gasteiger charge is 2.26. The summed E-state index contributed by atoms with van der Waals surface area (Å²) in [5.74, 6) is -2.26. The van der Waals surface area contributed by atoms with Gasteiger partial charge < -0.3 is 5.11 Å². The Balaban J connectivity index is 2.59. The van der Waals surface area contributed by atoms with Crippen molar-refractivity contribution >= 4 is 21.7 Å². The van der Waals surface area contributed by atoms with Gasteiger partial charge in [-0.2, -0.15) is 0 Å². The van der Waals surface area contributed by atoms with E-state index in [0.717, 1.165) is 22.0 Å². The molecule has 122 valence electrons. The van der Waals surface area contributed by atoms with E-state index in [9.17, 15) is 17.6 Å². The Kier molecular flexibility index (Phi) is 4.42. The Morgan fingerprint density at radius 2 is 1.70 bits per heavy atom. The number of carboxylic acids is 1. The molecule has 0 aliphatic carbocycles. The van der Waals surface area contributed by atoms with Crippen molar-refractivity contribution in [1.29, 1.82) is 0 Å². The maximum atomic E-state index is 13.9. The van der Waals surface area contributed by atoms with Crippen LogP contribution >= 0.6 is 0 Å². The standard InChI is InChI=1S/C16H16FNO4S/c1-10-4-6-13(7-5-10)18(3)23(21,22)15-9-12(16(19)20)8-14(17)11(15)2/h4-9H,1-3H3,(H,19,20). The van der Waals surface area contributed by atoms with Crippen LogP contribution in [0.1, 0.15) is 21.5 Å². The van der Waals surface area contributed by atoms with Gasteiger partial charge in [-0.3, -0.25) is 4.31 Å². The summed E-state index contributed by atoms with van der Waals surface area (Å²) in [6, 6.07) is 8.54. The number of carbonyl (C=O) groups is 1. The predicted molar refractivity (Wildman–Crippen MR) is 84.9 cm³/mol. The number of anilines is 1. The van der Waals surface area contributed by atoms with Crippen molar-refractivity contribution in [2.24, 2.45) is 0 Å². The minimum absolute atomic E-state index is 0.117. The number of rotatable bonds is 4. The zero-order valence-corrected chi connectivity index (χ0v) is 13.7. The number of hydrogen-bond donors (Lipinski definition) is 1. The van der Waals surface area contributed by atoms with Gasteiger partial charge in [-0.05, 0) is 38.1 Å². The molecule has 0 amide bonds. The summed E-state index contributed by atoms with van der Waals surface area (Å²) in [4.78, 5) is 10.7. The Labute approximate surface area is 134 Å². The van der Waals surface area contributed by atoms with E-state index in [4.69, 9.17) is 5.11 Å². The van der Waals surface area contributed by atoms with Gasteiger partial charge in [0.15, 0.2) is 0 Å². The van der Waals surface area contributed by atoms with E-state index in [2.05, 4.69) is 0 Å². The van der Waals surface area contributed by atoms with Crippen LogP contribution in [0.15, 0.2) is 41.3 Å². The van der Waals surface area contributed by atoms with E-state index in [0.29, 0.717) is 5.69 Å². The first-order chi connectivity index (χ1) is 10.6. The van der Waals surface area contributed by atoms with Crippen LogP contribution in [0.4, 0.5) is 10.1 Å². The molecule has 0 saturated carbocycles. The molecule has 1 N–H and O–H groups in total. The SMILES string of the molecule is Cc1ccc(N(C)S(=O)(=O)c2cc(C(=O)O)cc(F)c2C)cc1. The van der Waals surface area contributed by atoms with Crippen LogP contribution in [0, 0.1) is 19.7 Å². The minimum atomic E-state index is -4.08. The monoisotopic (exact) mass is 337 g/mol. The number of sulfonamides is 1. The van der Waals surface area contributed by atoms with Crippen LogP contribution in [0.3, 0.4) is 0 Å². The van der Waals surface area contributed by atoms with E-state index in [1.807, 2.05) is 6.92 Å². The Hall–Kier alpha value is -2.41. The summed E-state index contributed by atoms with van der Waals surface area (Å²) in [6.07, 6.45) is 0. The summed E-state index contributed by atoms with van der Waals surface area (Å²) < 4.78 is 40.4. The average molecular weight is 337 g/mol. The highest BCUT2D eigenvalue weighted by atomic mass is 32.2. The van der Waals surface area contributed by atoms with E-state index in [1.54, 1.807) is 24.3 Å². The topological polar surface area (TPSA) is 74.7 Å². The fourth-order valence-corrected chi connectivity index (χ4v) is 3.54. The van der Waals surface area contributed by atoms with Crippen LogP contribution in [-0.4, -0.2) is 26.5 Å². The van der Waals surface area contributed by atoms with Crippen LogP contribution < -0.4 is 4.31 Å². The third-order valence-corrected chi connectivity index (χ3v) is 5.49. The summed E-state index contributed by atoms with van der Waals surface area (Å²) in [6.45, 7) is 3.17. The molecule has 2 rings (SSSR count). The third-order valence-electron chi connectivity index (χ3n) is 3.58. The van der Waals surface area contributed by atoms with Gasteiger partial charge >= 0.3 is 5.97 Å². The van der Waals surface area contributed by atoms with Crippen LogP contribution in [0.2, 0.25) is 0 Å². The summed E-state index contributed by atoms with van der Waals surface area (Å²) in [5, 5.41) is 9.00. The fourth-order valence-electron chi connectivity index (χ4n) is 2.09. The van der Waals surface area contributed by atoms with E-state index < -0.39 is 27.4 Å². The van der Waals surface area contributed by atoms with Gasteiger partial charge in [0, 0.05) is 12.6 Å². The normalized spacial score (nSPS) is 11.3. The molecule has 0 saturated heterocycles. The Morgan fingerprint density at radius 1 is 1.13 bits per heavy atom. The van der Waals surface area contributed by atoms with Crippen molar-refractivity contribution in [2.45, 2.75) is 18.7 Å². The predicted octanol–water partition coefficient (Wildman–Crippen LogP) is 2.97. The summed E-state index contributed by atoms with van der Waals surface area (Å²) >= 11 is 0. The molecule has 7 heteroatoms. The van der Waals surface area contributed by atoms with Crippen LogP contribution in [0.5, 0.6) is 0 Å². The maximum Gasteiger partial charge on any atom is 0.335 e. The molecule has 2 aromatic carbocycles. The number of nitrogens with zero attached hydrogens (tertiary/aromatic N) is 1. The third kappa shape index (κ3) is 3.19. The number of benzene rings is 2. The van der Waals surface area contributed by atoms with E-state index in [-0.39, 0.29) is 10.5 Å². The molecule has 0 bridgehead atoms. The van der Waals surface area contributed by atoms with Gasteiger partial charge in [0.2, 0.25) is 0 Å². The summed E-state index contributed by atoms with van der Waals surface area (Å²) in [7, 11) is -2.75. The van der Waals surface area contributed by atoms with Gasteiger partial charge in [0.1, 0.15) is 5.82 Å². The first kappa shape index (κ1) is 17.0. The van der Waals surface area contributed by atoms with Gasteiger partial charge in [-0.15, -0.1) is 0 Å². The molecule has 5 nitrogen and oxygen atoms in total. The first-order valence-electron chi connectivity index (χ1n) is 6.73. The molecule has 0 atom stereocenters. The molecule has 0 fully saturated rings. The van der Waals surface area contributed by atoms with E-state index >= 15 is 0 Å². The second kappa shape index (κ2) is 6.00. The quantitative estimate of drug-likeness (QED) is 0.931. The highest BCUT2D eigenvalue weighted by molar-refractivity contribution is 7.92. The smallest absolute Gasteiger partial charge is 0.335 e. The number of hydrogen-bond acceptors (Lipinski definition) is 3. The first-order valence-corrected chi connectivity index (χ1v) is 8.17. The number of halogens is 1. The molecular formula is C16H16FNO4S. The zero-order valence-electron chi connectivity index (χ0n) is 12.9. The number of aryl methyl sites for hydroxylation is 1. The Morgan fingerprint density at radius 3 is 2.22 bits per heavy atom. The van der Waals surface area contributed by atoms with Crippen LogP contribution in [-0.2, 0) is 10.0 Å². The minimum Gasteiger partial charge on any atom is -0.478 e. The lowest BCUT2D eigenvalue weighted by Crippen LogP contribution is -2.27. The molecule has 23 heavy (non-hydrogen) atoms. The largest absolute Gasteiger partial charge is 0.478 e.